The number of nitrogens with zero attached hydrogens (tertiary/aromatic N) is 1. The SMILES string of the molecule is C=CC1(C)CCC=C(CC(C)OC(=O)c2cc3c(c4c2c(N([O-])O)cc2c(OC)cccc24)OCO3)C1C(=C)C=O. The highest BCUT2D eigenvalue weighted by molar-refractivity contribution is 6.23. The van der Waals surface area contributed by atoms with Gasteiger partial charge in [-0.2, -0.15) is 0 Å². The molecule has 0 fully saturated rings. The number of rotatable bonds is 9. The molecule has 214 valence electrons. The van der Waals surface area contributed by atoms with Crippen molar-refractivity contribution in [3.63, 3.8) is 0 Å². The molecule has 0 bridgehead atoms. The van der Waals surface area contributed by atoms with Crippen molar-refractivity contribution in [3.05, 3.63) is 77.6 Å². The van der Waals surface area contributed by atoms with Gasteiger partial charge in [0.25, 0.3) is 0 Å². The van der Waals surface area contributed by atoms with Crippen molar-refractivity contribution in [2.75, 3.05) is 19.1 Å². The van der Waals surface area contributed by atoms with Gasteiger partial charge in [-0.3, -0.25) is 10.0 Å². The zero-order valence-corrected chi connectivity index (χ0v) is 23.3. The molecule has 9 heteroatoms. The fourth-order valence-electron chi connectivity index (χ4n) is 6.20. The van der Waals surface area contributed by atoms with Crippen LogP contribution in [0.3, 0.4) is 0 Å². The maximum absolute atomic E-state index is 13.7. The number of carbonyl (C=O) groups excluding carboxylic acids is 2. The van der Waals surface area contributed by atoms with Gasteiger partial charge in [0, 0.05) is 28.5 Å². The number of hydrogen-bond acceptors (Lipinski definition) is 9. The Labute approximate surface area is 237 Å². The van der Waals surface area contributed by atoms with Gasteiger partial charge in [-0.25, -0.2) is 4.79 Å². The number of ether oxygens (including phenoxy) is 4. The lowest BCUT2D eigenvalue weighted by Gasteiger charge is -2.40. The smallest absolute Gasteiger partial charge is 0.339 e. The Kier molecular flexibility index (Phi) is 7.50. The Morgan fingerprint density at radius 2 is 2.07 bits per heavy atom. The molecule has 0 amide bonds. The predicted octanol–water partition coefficient (Wildman–Crippen LogP) is 6.64. The largest absolute Gasteiger partial charge is 0.733 e. The van der Waals surface area contributed by atoms with E-state index in [9.17, 15) is 20.0 Å². The van der Waals surface area contributed by atoms with Crippen molar-refractivity contribution in [2.24, 2.45) is 11.3 Å². The van der Waals surface area contributed by atoms with Crippen LogP contribution in [0.4, 0.5) is 5.69 Å². The third-order valence-electron chi connectivity index (χ3n) is 8.12. The lowest BCUT2D eigenvalue weighted by Crippen LogP contribution is -2.33. The van der Waals surface area contributed by atoms with Crippen molar-refractivity contribution >= 4 is 39.5 Å². The minimum atomic E-state index is -0.709. The number of anilines is 1. The van der Waals surface area contributed by atoms with Crippen LogP contribution in [-0.4, -0.2) is 37.5 Å². The van der Waals surface area contributed by atoms with Gasteiger partial charge in [0.15, 0.2) is 11.5 Å². The molecule has 0 saturated carbocycles. The summed E-state index contributed by atoms with van der Waals surface area (Å²) < 4.78 is 22.8. The second-order valence-corrected chi connectivity index (χ2v) is 10.7. The monoisotopic (exact) mass is 558 g/mol. The summed E-state index contributed by atoms with van der Waals surface area (Å²) in [6, 6.07) is 8.24. The van der Waals surface area contributed by atoms with Crippen molar-refractivity contribution in [1.82, 2.24) is 0 Å². The minimum Gasteiger partial charge on any atom is -0.733 e. The number of methoxy groups -OCH3 is 1. The summed E-state index contributed by atoms with van der Waals surface area (Å²) in [5, 5.41) is 24.0. The van der Waals surface area contributed by atoms with E-state index in [0.29, 0.717) is 45.4 Å². The van der Waals surface area contributed by atoms with Gasteiger partial charge in [-0.15, -0.1) is 6.58 Å². The highest BCUT2D eigenvalue weighted by atomic mass is 16.8. The van der Waals surface area contributed by atoms with Crippen molar-refractivity contribution in [1.29, 1.82) is 0 Å². The number of allylic oxidation sites excluding steroid dienone is 3. The maximum Gasteiger partial charge on any atom is 0.339 e. The van der Waals surface area contributed by atoms with Crippen LogP contribution >= 0.6 is 0 Å². The molecule has 3 atom stereocenters. The first kappa shape index (κ1) is 28.2. The van der Waals surface area contributed by atoms with E-state index in [1.165, 1.54) is 19.2 Å². The Morgan fingerprint density at radius 1 is 1.29 bits per heavy atom. The summed E-state index contributed by atoms with van der Waals surface area (Å²) in [7, 11) is 1.50. The fourth-order valence-corrected chi connectivity index (χ4v) is 6.20. The number of aldehydes is 1. The van der Waals surface area contributed by atoms with Gasteiger partial charge in [-0.1, -0.05) is 43.4 Å². The van der Waals surface area contributed by atoms with Crippen molar-refractivity contribution < 1.29 is 33.7 Å². The Hall–Kier alpha value is -4.34. The first-order valence-electron chi connectivity index (χ1n) is 13.3. The molecular formula is C32H32NO8-. The molecule has 1 heterocycles. The molecule has 2 aliphatic rings. The van der Waals surface area contributed by atoms with E-state index in [0.717, 1.165) is 24.7 Å². The van der Waals surface area contributed by atoms with E-state index < -0.39 is 12.1 Å². The molecule has 0 spiro atoms. The third kappa shape index (κ3) is 4.81. The van der Waals surface area contributed by atoms with Crippen LogP contribution in [0.15, 0.2) is 66.8 Å². The second-order valence-electron chi connectivity index (χ2n) is 10.7. The average molecular weight is 559 g/mol. The lowest BCUT2D eigenvalue weighted by atomic mass is 9.64. The summed E-state index contributed by atoms with van der Waals surface area (Å²) in [6.07, 6.45) is 6.10. The third-order valence-corrected chi connectivity index (χ3v) is 8.12. The summed E-state index contributed by atoms with van der Waals surface area (Å²) in [5.74, 6) is 0.168. The molecule has 3 aromatic carbocycles. The van der Waals surface area contributed by atoms with Crippen LogP contribution in [0.5, 0.6) is 17.2 Å². The maximum atomic E-state index is 13.7. The fraction of sp³-hybridized carbons (Fsp3) is 0.312. The van der Waals surface area contributed by atoms with Crippen molar-refractivity contribution in [2.45, 2.75) is 39.2 Å². The molecule has 1 aliphatic carbocycles. The van der Waals surface area contributed by atoms with Crippen LogP contribution in [0, 0.1) is 16.5 Å². The molecular weight excluding hydrogens is 526 g/mol. The molecule has 41 heavy (non-hydrogen) atoms. The molecule has 0 saturated heterocycles. The van der Waals surface area contributed by atoms with Gasteiger partial charge in [0.05, 0.1) is 18.4 Å². The highest BCUT2D eigenvalue weighted by Crippen LogP contribution is 2.50. The molecule has 1 aliphatic heterocycles. The number of hydrogen-bond donors (Lipinski definition) is 1. The molecule has 1 N–H and O–H groups in total. The molecule has 3 aromatic rings. The van der Waals surface area contributed by atoms with Crippen LogP contribution in [0.2, 0.25) is 0 Å². The first-order valence-corrected chi connectivity index (χ1v) is 13.3. The number of esters is 1. The summed E-state index contributed by atoms with van der Waals surface area (Å²) in [6.45, 7) is 11.7. The summed E-state index contributed by atoms with van der Waals surface area (Å²) >= 11 is 0. The number of benzene rings is 3. The first-order chi connectivity index (χ1) is 19.6. The van der Waals surface area contributed by atoms with Gasteiger partial charge in [0.1, 0.15) is 18.1 Å². The zero-order valence-electron chi connectivity index (χ0n) is 23.3. The zero-order chi connectivity index (χ0) is 29.5. The molecule has 3 unspecified atom stereocenters. The predicted molar refractivity (Wildman–Crippen MR) is 156 cm³/mol. The standard InChI is InChI=1S/C32H32NO8/c1-6-32(4)12-8-9-20(29(32)18(2)16-34)13-19(3)41-31(35)23-15-26-30(40-17-39-26)28-21-10-7-11-25(38-5)22(21)14-24(27(23)28)33(36)37/h6-7,9-11,14-16,19,29,36H,1-2,8,12-13,17H2,3-5H3/q-1. The van der Waals surface area contributed by atoms with E-state index in [2.05, 4.69) is 19.2 Å². The van der Waals surface area contributed by atoms with Crippen LogP contribution in [0.25, 0.3) is 21.5 Å². The summed E-state index contributed by atoms with van der Waals surface area (Å²) in [5.41, 5.74) is 0.910. The molecule has 0 aromatic heterocycles. The summed E-state index contributed by atoms with van der Waals surface area (Å²) in [4.78, 5) is 25.5. The Morgan fingerprint density at radius 3 is 2.76 bits per heavy atom. The van der Waals surface area contributed by atoms with Crippen LogP contribution < -0.4 is 19.4 Å². The average Bonchev–Trinajstić information content (AvgIpc) is 3.44. The molecule has 9 nitrogen and oxygen atoms in total. The van der Waals surface area contributed by atoms with E-state index >= 15 is 0 Å². The van der Waals surface area contributed by atoms with E-state index in [-0.39, 0.29) is 40.0 Å². The normalized spacial score (nSPS) is 20.3. The molecule has 0 radical (unpaired) electrons. The quantitative estimate of drug-likeness (QED) is 0.0770. The second kappa shape index (κ2) is 10.9. The van der Waals surface area contributed by atoms with Gasteiger partial charge in [0.2, 0.25) is 6.79 Å². The van der Waals surface area contributed by atoms with E-state index in [1.54, 1.807) is 19.1 Å². The van der Waals surface area contributed by atoms with E-state index in [4.69, 9.17) is 18.9 Å². The van der Waals surface area contributed by atoms with Gasteiger partial charge >= 0.3 is 5.97 Å². The topological polar surface area (TPSA) is 118 Å². The van der Waals surface area contributed by atoms with Gasteiger partial charge in [-0.05, 0) is 54.3 Å². The Balaban J connectivity index is 1.57. The minimum absolute atomic E-state index is 0.0353. The number of carbonyl (C=O) groups is 2. The van der Waals surface area contributed by atoms with Gasteiger partial charge < -0.3 is 29.4 Å². The Bertz CT molecular complexity index is 1610. The van der Waals surface area contributed by atoms with Crippen molar-refractivity contribution in [3.8, 4) is 17.2 Å². The molecule has 5 rings (SSSR count). The lowest BCUT2D eigenvalue weighted by molar-refractivity contribution is -0.105. The van der Waals surface area contributed by atoms with Crippen LogP contribution in [0.1, 0.15) is 43.5 Å². The van der Waals surface area contributed by atoms with E-state index in [1.807, 2.05) is 19.1 Å². The van der Waals surface area contributed by atoms with Crippen LogP contribution in [-0.2, 0) is 9.53 Å². The highest BCUT2D eigenvalue weighted by Gasteiger charge is 2.38. The number of fused-ring (bicyclic) bond motifs is 5.